The second-order valence-corrected chi connectivity index (χ2v) is 4.00. The minimum absolute atomic E-state index is 0.321. The van der Waals surface area contributed by atoms with E-state index in [1.807, 2.05) is 20.2 Å². The number of halogens is 2. The van der Waals surface area contributed by atoms with E-state index >= 15 is 0 Å². The number of hydrogen-bond donors (Lipinski definition) is 1. The van der Waals surface area contributed by atoms with E-state index < -0.39 is 0 Å². The first-order valence-electron chi connectivity index (χ1n) is 4.78. The molecule has 2 aromatic rings. The van der Waals surface area contributed by atoms with E-state index in [2.05, 4.69) is 10.3 Å². The third-order valence-electron chi connectivity index (χ3n) is 2.17. The van der Waals surface area contributed by atoms with Crippen LogP contribution in [0.1, 0.15) is 5.69 Å². The van der Waals surface area contributed by atoms with E-state index in [4.69, 9.17) is 11.6 Å². The monoisotopic (exact) mass is 239 g/mol. The SMILES string of the molecule is Cc1cn(C)c(Nc2cc(Cl)ccc2F)n1. The van der Waals surface area contributed by atoms with Crippen molar-refractivity contribution in [1.29, 1.82) is 0 Å². The Kier molecular flexibility index (Phi) is 2.83. The van der Waals surface area contributed by atoms with Crippen molar-refractivity contribution in [2.24, 2.45) is 7.05 Å². The zero-order valence-corrected chi connectivity index (χ0v) is 9.72. The molecule has 0 bridgehead atoms. The van der Waals surface area contributed by atoms with Gasteiger partial charge in [0.25, 0.3) is 0 Å². The predicted octanol–water partition coefficient (Wildman–Crippen LogP) is 3.26. The molecule has 1 aromatic heterocycles. The number of aromatic nitrogens is 2. The number of nitrogens with zero attached hydrogens (tertiary/aromatic N) is 2. The van der Waals surface area contributed by atoms with Gasteiger partial charge < -0.3 is 9.88 Å². The molecule has 3 nitrogen and oxygen atoms in total. The summed E-state index contributed by atoms with van der Waals surface area (Å²) in [5, 5.41) is 3.38. The molecule has 1 N–H and O–H groups in total. The molecule has 0 saturated heterocycles. The number of benzene rings is 1. The Balaban J connectivity index is 2.33. The lowest BCUT2D eigenvalue weighted by molar-refractivity contribution is 0.631. The highest BCUT2D eigenvalue weighted by Gasteiger charge is 2.07. The zero-order valence-electron chi connectivity index (χ0n) is 8.96. The summed E-state index contributed by atoms with van der Waals surface area (Å²) in [6.45, 7) is 1.87. The highest BCUT2D eigenvalue weighted by molar-refractivity contribution is 6.30. The fourth-order valence-corrected chi connectivity index (χ4v) is 1.62. The minimum Gasteiger partial charge on any atom is -0.323 e. The van der Waals surface area contributed by atoms with Gasteiger partial charge in [-0.15, -0.1) is 0 Å². The van der Waals surface area contributed by atoms with Crippen LogP contribution in [0.3, 0.4) is 0 Å². The second kappa shape index (κ2) is 4.14. The minimum atomic E-state index is -0.356. The summed E-state index contributed by atoms with van der Waals surface area (Å²) in [6, 6.07) is 4.35. The van der Waals surface area contributed by atoms with Crippen molar-refractivity contribution in [2.45, 2.75) is 6.92 Å². The first-order valence-corrected chi connectivity index (χ1v) is 5.16. The standard InChI is InChI=1S/C11H11ClFN3/c1-7-6-16(2)11(14-7)15-10-5-8(12)3-4-9(10)13/h3-6H,1-2H3,(H,14,15). The average Bonchev–Trinajstić information content (AvgIpc) is 2.51. The molecule has 0 saturated carbocycles. The number of nitrogens with one attached hydrogen (secondary N) is 1. The molecule has 16 heavy (non-hydrogen) atoms. The van der Waals surface area contributed by atoms with Gasteiger partial charge in [-0.25, -0.2) is 9.37 Å². The third-order valence-corrected chi connectivity index (χ3v) is 2.41. The molecule has 1 aromatic carbocycles. The Morgan fingerprint density at radius 2 is 2.19 bits per heavy atom. The number of aryl methyl sites for hydroxylation is 2. The number of rotatable bonds is 2. The van der Waals surface area contributed by atoms with Crippen LogP contribution in [0.5, 0.6) is 0 Å². The highest BCUT2D eigenvalue weighted by Crippen LogP contribution is 2.22. The molecule has 5 heteroatoms. The summed E-state index contributed by atoms with van der Waals surface area (Å²) in [7, 11) is 1.84. The first kappa shape index (κ1) is 11.0. The maximum Gasteiger partial charge on any atom is 0.207 e. The molecule has 2 rings (SSSR count). The topological polar surface area (TPSA) is 29.9 Å². The molecule has 84 valence electrons. The van der Waals surface area contributed by atoms with E-state index in [9.17, 15) is 4.39 Å². The van der Waals surface area contributed by atoms with Gasteiger partial charge in [-0.2, -0.15) is 0 Å². The van der Waals surface area contributed by atoms with Crippen molar-refractivity contribution >= 4 is 23.2 Å². The molecule has 0 atom stereocenters. The average molecular weight is 240 g/mol. The van der Waals surface area contributed by atoms with Crippen LogP contribution >= 0.6 is 11.6 Å². The van der Waals surface area contributed by atoms with Gasteiger partial charge in [0, 0.05) is 18.3 Å². The number of imidazole rings is 1. The Morgan fingerprint density at radius 1 is 1.44 bits per heavy atom. The Morgan fingerprint density at radius 3 is 2.81 bits per heavy atom. The molecule has 0 aliphatic heterocycles. The lowest BCUT2D eigenvalue weighted by Crippen LogP contribution is -2.00. The van der Waals surface area contributed by atoms with Gasteiger partial charge in [0.05, 0.1) is 11.4 Å². The summed E-state index contributed by atoms with van der Waals surface area (Å²) in [5.74, 6) is 0.226. The molecule has 0 unspecified atom stereocenters. The van der Waals surface area contributed by atoms with Crippen LogP contribution in [0.2, 0.25) is 5.02 Å². The Labute approximate surface area is 97.9 Å². The molecule has 0 radical (unpaired) electrons. The van der Waals surface area contributed by atoms with Crippen molar-refractivity contribution in [3.63, 3.8) is 0 Å². The predicted molar refractivity (Wildman–Crippen MR) is 62.6 cm³/mol. The van der Waals surface area contributed by atoms with Gasteiger partial charge in [0.15, 0.2) is 0 Å². The van der Waals surface area contributed by atoms with Crippen LogP contribution in [0.4, 0.5) is 16.0 Å². The Bertz CT molecular complexity index is 522. The van der Waals surface area contributed by atoms with Gasteiger partial charge in [-0.05, 0) is 25.1 Å². The van der Waals surface area contributed by atoms with Crippen molar-refractivity contribution < 1.29 is 4.39 Å². The molecular weight excluding hydrogens is 229 g/mol. The van der Waals surface area contributed by atoms with Gasteiger partial charge >= 0.3 is 0 Å². The van der Waals surface area contributed by atoms with Gasteiger partial charge in [-0.1, -0.05) is 11.6 Å². The fraction of sp³-hybridized carbons (Fsp3) is 0.182. The molecular formula is C11H11ClFN3. The zero-order chi connectivity index (χ0) is 11.7. The normalized spacial score (nSPS) is 10.5. The van der Waals surface area contributed by atoms with E-state index in [0.717, 1.165) is 5.69 Å². The summed E-state index contributed by atoms with van der Waals surface area (Å²) in [5.41, 5.74) is 1.19. The van der Waals surface area contributed by atoms with Crippen LogP contribution < -0.4 is 5.32 Å². The van der Waals surface area contributed by atoms with Crippen LogP contribution in [0, 0.1) is 12.7 Å². The van der Waals surface area contributed by atoms with Gasteiger partial charge in [-0.3, -0.25) is 0 Å². The molecule has 0 amide bonds. The van der Waals surface area contributed by atoms with Crippen LogP contribution in [0.15, 0.2) is 24.4 Å². The van der Waals surface area contributed by atoms with Crippen LogP contribution in [0.25, 0.3) is 0 Å². The van der Waals surface area contributed by atoms with Gasteiger partial charge in [0.1, 0.15) is 5.82 Å². The highest BCUT2D eigenvalue weighted by atomic mass is 35.5. The quantitative estimate of drug-likeness (QED) is 0.872. The fourth-order valence-electron chi connectivity index (χ4n) is 1.45. The lowest BCUT2D eigenvalue weighted by Gasteiger charge is -2.07. The van der Waals surface area contributed by atoms with E-state index in [0.29, 0.717) is 16.7 Å². The molecule has 0 fully saturated rings. The lowest BCUT2D eigenvalue weighted by atomic mass is 10.3. The molecule has 0 aliphatic carbocycles. The summed E-state index contributed by atoms with van der Waals surface area (Å²) >= 11 is 5.79. The maximum atomic E-state index is 13.4. The smallest absolute Gasteiger partial charge is 0.207 e. The largest absolute Gasteiger partial charge is 0.323 e. The van der Waals surface area contributed by atoms with Crippen molar-refractivity contribution in [1.82, 2.24) is 9.55 Å². The third kappa shape index (κ3) is 2.17. The van der Waals surface area contributed by atoms with Crippen molar-refractivity contribution in [2.75, 3.05) is 5.32 Å². The van der Waals surface area contributed by atoms with Gasteiger partial charge in [0.2, 0.25) is 5.95 Å². The second-order valence-electron chi connectivity index (χ2n) is 3.57. The van der Waals surface area contributed by atoms with E-state index in [1.165, 1.54) is 18.2 Å². The van der Waals surface area contributed by atoms with Crippen molar-refractivity contribution in [3.05, 3.63) is 40.9 Å². The summed E-state index contributed by atoms with van der Waals surface area (Å²) in [4.78, 5) is 4.22. The molecule has 0 aliphatic rings. The number of anilines is 2. The van der Waals surface area contributed by atoms with E-state index in [1.54, 1.807) is 4.57 Å². The van der Waals surface area contributed by atoms with Crippen LogP contribution in [-0.2, 0) is 7.05 Å². The molecule has 1 heterocycles. The maximum absolute atomic E-state index is 13.4. The van der Waals surface area contributed by atoms with Crippen molar-refractivity contribution in [3.8, 4) is 0 Å². The molecule has 0 spiro atoms. The van der Waals surface area contributed by atoms with E-state index in [-0.39, 0.29) is 5.82 Å². The number of hydrogen-bond acceptors (Lipinski definition) is 2. The Hall–Kier alpha value is -1.55. The first-order chi connectivity index (χ1) is 7.56. The summed E-state index contributed by atoms with van der Waals surface area (Å²) < 4.78 is 15.2. The summed E-state index contributed by atoms with van der Waals surface area (Å²) in [6.07, 6.45) is 1.85. The van der Waals surface area contributed by atoms with Crippen LogP contribution in [-0.4, -0.2) is 9.55 Å².